The van der Waals surface area contributed by atoms with E-state index in [1.165, 1.54) is 92.2 Å². The van der Waals surface area contributed by atoms with Crippen molar-refractivity contribution in [1.82, 2.24) is 63.1 Å². The number of aliphatic carboxylic acids is 1. The Morgan fingerprint density at radius 2 is 1.00 bits per heavy atom. The second-order valence-electron chi connectivity index (χ2n) is 23.6. The number of guanidine groups is 1. The number of thioether (sulfide) groups is 1. The van der Waals surface area contributed by atoms with Crippen LogP contribution in [0.25, 0.3) is 0 Å². The average molecular weight is 1360 g/mol. The van der Waals surface area contributed by atoms with Gasteiger partial charge in [-0.3, -0.25) is 62.5 Å². The lowest BCUT2D eigenvalue weighted by molar-refractivity contribution is -0.141. The number of nitrogens with one attached hydrogen (secondary N) is 11. The van der Waals surface area contributed by atoms with Gasteiger partial charge in [-0.05, 0) is 91.1 Å². The zero-order chi connectivity index (χ0) is 70.8. The SMILES string of the molecule is CC[C@H](C)[C@@H]1NC(=O)[C@H](Cc2ccc(O)cc2)NC(=O)CSC[C@@H](C(N)=O)NC(=O)[C@H](C)NC(=O)[C@H](Cc2cnc[nH]2)NC(=O)[C@H](Cc2ccc(O)cc2)NC(=O)[C@H](CC(=O)O)NC(=O)[C@H](Cc2ccc(O)cc2)NC(=O)[C@H](CC(C)C)NC(=O)[C@H](CCCN=C(N)N)NC1=O. The minimum atomic E-state index is -2.01. The van der Waals surface area contributed by atoms with E-state index in [1.54, 1.807) is 27.7 Å². The number of hydrogen-bond donors (Lipinski definition) is 18. The monoisotopic (exact) mass is 1350 g/mol. The average Bonchev–Trinajstić information content (AvgIpc) is 1.23. The number of nitrogens with zero attached hydrogens (tertiary/aromatic N) is 2. The Hall–Kier alpha value is -10.5. The summed E-state index contributed by atoms with van der Waals surface area (Å²) in [6, 6.07) is 0.939. The lowest BCUT2D eigenvalue weighted by Gasteiger charge is -2.30. The smallest absolute Gasteiger partial charge is 0.305 e. The van der Waals surface area contributed by atoms with Crippen molar-refractivity contribution >= 4 is 88.7 Å². The molecule has 0 bridgehead atoms. The fourth-order valence-corrected chi connectivity index (χ4v) is 10.7. The van der Waals surface area contributed by atoms with Crippen LogP contribution < -0.4 is 70.4 Å². The van der Waals surface area contributed by atoms with Crippen LogP contribution in [0.15, 0.2) is 90.3 Å². The van der Waals surface area contributed by atoms with E-state index in [0.29, 0.717) is 22.4 Å². The molecule has 520 valence electrons. The molecule has 0 spiro atoms. The number of phenolic OH excluding ortho intramolecular Hbond substituents is 3. The number of amides is 11. The molecular weight excluding hydrogens is 1270 g/mol. The number of aromatic amines is 1. The van der Waals surface area contributed by atoms with Gasteiger partial charge in [0.2, 0.25) is 65.0 Å². The summed E-state index contributed by atoms with van der Waals surface area (Å²) < 4.78 is 0. The number of aliphatic imine (C=N–C) groups is 1. The fraction of sp³-hybridized carbons (Fsp3) is 0.460. The molecule has 96 heavy (non-hydrogen) atoms. The van der Waals surface area contributed by atoms with Gasteiger partial charge >= 0.3 is 5.97 Å². The summed E-state index contributed by atoms with van der Waals surface area (Å²) in [6.07, 6.45) is 0.400. The number of benzene rings is 3. The number of carbonyl (C=O) groups is 12. The molecule has 33 heteroatoms. The van der Waals surface area contributed by atoms with Gasteiger partial charge in [-0.1, -0.05) is 70.5 Å². The highest BCUT2D eigenvalue weighted by Crippen LogP contribution is 2.18. The molecule has 0 saturated carbocycles. The van der Waals surface area contributed by atoms with Crippen molar-refractivity contribution in [1.29, 1.82) is 0 Å². The Morgan fingerprint density at radius 3 is 1.47 bits per heavy atom. The lowest BCUT2D eigenvalue weighted by Crippen LogP contribution is -2.61. The van der Waals surface area contributed by atoms with E-state index in [-0.39, 0.29) is 92.8 Å². The summed E-state index contributed by atoms with van der Waals surface area (Å²) in [4.78, 5) is 181. The first-order valence-electron chi connectivity index (χ1n) is 31.0. The molecule has 0 unspecified atom stereocenters. The number of nitrogens with two attached hydrogens (primary N) is 3. The van der Waals surface area contributed by atoms with Gasteiger partial charge in [-0.15, -0.1) is 11.8 Å². The Kier molecular flexibility index (Phi) is 29.7. The van der Waals surface area contributed by atoms with Crippen LogP contribution >= 0.6 is 11.8 Å². The highest BCUT2D eigenvalue weighted by Gasteiger charge is 2.38. The number of H-pyrrole nitrogens is 1. The number of phenols is 3. The fourth-order valence-electron chi connectivity index (χ4n) is 9.87. The standard InChI is InChI=1S/C63H86N16O16S/c1-6-33(4)52-62(95)72-42(8-7-21-68-63(65)66)55(88)73-43(22-32(2)3)57(90)74-46(25-37-13-19-41(82)20-14-37)59(92)77-48(27-51(84)85)60(93)75-45(24-36-11-17-40(81)18-12-36)58(91)76-47(26-38-28-67-31-69-38)56(89)70-34(5)54(87)78-49(53(64)86)29-96-30-50(83)71-44(61(94)79-52)23-35-9-15-39(80)16-10-35/h9-20,28,31-34,42-49,52,80-82H,6-8,21-27,29-30H2,1-5H3,(H2,64,86)(H,67,69)(H,70,89)(H,71,83)(H,72,95)(H,73,88)(H,74,90)(H,75,93)(H,76,91)(H,77,92)(H,78,87)(H,79,94)(H,84,85)(H4,65,66,68)/t33-,34-,42-,43-,44-,45-,46-,47-,48-,49-,52-/m0/s1. The predicted octanol–water partition coefficient (Wildman–Crippen LogP) is -2.48. The minimum absolute atomic E-state index is 0.0236. The molecular formula is C63H86N16O16S. The molecule has 2 heterocycles. The maximum Gasteiger partial charge on any atom is 0.305 e. The third-order valence-corrected chi connectivity index (χ3v) is 16.3. The van der Waals surface area contributed by atoms with Crippen molar-refractivity contribution in [2.24, 2.45) is 34.0 Å². The molecule has 1 aromatic heterocycles. The number of carboxylic acid groups (broad SMARTS) is 1. The molecule has 5 rings (SSSR count). The Bertz CT molecular complexity index is 3370. The quantitative estimate of drug-likeness (QED) is 0.0262. The molecule has 4 aromatic rings. The van der Waals surface area contributed by atoms with Gasteiger partial charge in [0.15, 0.2) is 5.96 Å². The van der Waals surface area contributed by atoms with Crippen LogP contribution in [0, 0.1) is 11.8 Å². The molecule has 0 radical (unpaired) electrons. The lowest BCUT2D eigenvalue weighted by atomic mass is 9.96. The maximum atomic E-state index is 14.8. The second-order valence-corrected chi connectivity index (χ2v) is 24.7. The molecule has 1 aliphatic rings. The van der Waals surface area contributed by atoms with Crippen molar-refractivity contribution in [2.75, 3.05) is 18.1 Å². The van der Waals surface area contributed by atoms with Gasteiger partial charge in [0.1, 0.15) is 77.7 Å². The maximum absolute atomic E-state index is 14.8. The van der Waals surface area contributed by atoms with E-state index in [0.717, 1.165) is 11.8 Å². The van der Waals surface area contributed by atoms with Gasteiger partial charge in [-0.25, -0.2) is 4.98 Å². The van der Waals surface area contributed by atoms with Crippen LogP contribution in [0.3, 0.4) is 0 Å². The highest BCUT2D eigenvalue weighted by atomic mass is 32.2. The molecule has 1 fully saturated rings. The van der Waals surface area contributed by atoms with E-state index < -0.39 is 149 Å². The second kappa shape index (κ2) is 37.4. The Labute approximate surface area is 557 Å². The Balaban J connectivity index is 1.62. The summed E-state index contributed by atoms with van der Waals surface area (Å²) in [5, 5.41) is 66.3. The van der Waals surface area contributed by atoms with Crippen LogP contribution in [-0.2, 0) is 83.2 Å². The highest BCUT2D eigenvalue weighted by molar-refractivity contribution is 8.00. The van der Waals surface area contributed by atoms with E-state index in [1.807, 2.05) is 0 Å². The zero-order valence-corrected chi connectivity index (χ0v) is 54.5. The largest absolute Gasteiger partial charge is 0.508 e. The third-order valence-electron chi connectivity index (χ3n) is 15.3. The number of carbonyl (C=O) groups excluding carboxylic acids is 11. The number of primary amides is 1. The van der Waals surface area contributed by atoms with Crippen LogP contribution in [0.2, 0.25) is 0 Å². The van der Waals surface area contributed by atoms with E-state index in [9.17, 15) is 78.0 Å². The Morgan fingerprint density at radius 1 is 0.562 bits per heavy atom. The third kappa shape index (κ3) is 25.4. The molecule has 1 saturated heterocycles. The van der Waals surface area contributed by atoms with Crippen molar-refractivity contribution in [2.45, 2.75) is 153 Å². The molecule has 1 aliphatic heterocycles. The minimum Gasteiger partial charge on any atom is -0.508 e. The summed E-state index contributed by atoms with van der Waals surface area (Å²) >= 11 is 0.831. The van der Waals surface area contributed by atoms with Crippen molar-refractivity contribution in [3.05, 3.63) is 108 Å². The van der Waals surface area contributed by atoms with Crippen LogP contribution in [0.4, 0.5) is 0 Å². The summed E-state index contributed by atoms with van der Waals surface area (Å²) in [5.74, 6) is -14.8. The number of aromatic nitrogens is 2. The van der Waals surface area contributed by atoms with Gasteiger partial charge in [0.25, 0.3) is 0 Å². The zero-order valence-electron chi connectivity index (χ0n) is 53.7. The number of hydrogen-bond acceptors (Lipinski definition) is 18. The molecule has 3 aromatic carbocycles. The first-order valence-corrected chi connectivity index (χ1v) is 32.1. The first kappa shape index (κ1) is 76.2. The van der Waals surface area contributed by atoms with Gasteiger partial charge in [0, 0.05) is 49.9 Å². The molecule has 0 aliphatic carbocycles. The van der Waals surface area contributed by atoms with Gasteiger partial charge in [-0.2, -0.15) is 0 Å². The number of rotatable bonds is 19. The predicted molar refractivity (Wildman–Crippen MR) is 350 cm³/mol. The number of carboxylic acids is 1. The van der Waals surface area contributed by atoms with Gasteiger partial charge in [0.05, 0.1) is 18.5 Å². The molecule has 11 amide bonds. The molecule has 32 nitrogen and oxygen atoms in total. The van der Waals surface area contributed by atoms with Crippen molar-refractivity contribution in [3.8, 4) is 17.2 Å². The van der Waals surface area contributed by atoms with Gasteiger partial charge < -0.3 is 95.8 Å². The van der Waals surface area contributed by atoms with Crippen LogP contribution in [0.1, 0.15) is 89.1 Å². The molecule has 11 atom stereocenters. The van der Waals surface area contributed by atoms with E-state index >= 15 is 0 Å². The number of imidazole rings is 1. The first-order chi connectivity index (χ1) is 45.5. The van der Waals surface area contributed by atoms with Crippen LogP contribution in [0.5, 0.6) is 17.2 Å². The summed E-state index contributed by atoms with van der Waals surface area (Å²) in [5.41, 5.74) is 18.3. The van der Waals surface area contributed by atoms with Crippen molar-refractivity contribution in [3.63, 3.8) is 0 Å². The summed E-state index contributed by atoms with van der Waals surface area (Å²) in [7, 11) is 0. The summed E-state index contributed by atoms with van der Waals surface area (Å²) in [6.45, 7) is 8.08. The van der Waals surface area contributed by atoms with E-state index in [4.69, 9.17) is 17.2 Å². The number of aromatic hydroxyl groups is 3. The van der Waals surface area contributed by atoms with Crippen molar-refractivity contribution < 1.29 is 78.0 Å². The molecule has 21 N–H and O–H groups in total. The normalized spacial score (nSPS) is 23.4. The topological polar surface area (TPSA) is 525 Å². The van der Waals surface area contributed by atoms with Crippen LogP contribution in [-0.4, -0.2) is 186 Å². The van der Waals surface area contributed by atoms with E-state index in [2.05, 4.69) is 68.1 Å².